The Labute approximate surface area is 130 Å². The van der Waals surface area contributed by atoms with Gasteiger partial charge in [0.1, 0.15) is 0 Å². The zero-order valence-corrected chi connectivity index (χ0v) is 12.9. The topological polar surface area (TPSA) is 23.6 Å². The van der Waals surface area contributed by atoms with E-state index in [1.807, 2.05) is 18.2 Å². The van der Waals surface area contributed by atoms with Crippen LogP contribution in [0.5, 0.6) is 0 Å². The molecule has 2 saturated heterocycles. The number of benzene rings is 1. The van der Waals surface area contributed by atoms with E-state index in [1.54, 1.807) is 6.07 Å². The number of carbonyl (C=O) groups excluding carboxylic acids is 1. The number of halogens is 1. The molecule has 1 saturated carbocycles. The van der Waals surface area contributed by atoms with E-state index >= 15 is 0 Å². The van der Waals surface area contributed by atoms with Crippen molar-refractivity contribution in [2.24, 2.45) is 5.92 Å². The Hall–Kier alpha value is -1.06. The van der Waals surface area contributed by atoms with E-state index in [0.717, 1.165) is 37.4 Å². The summed E-state index contributed by atoms with van der Waals surface area (Å²) in [5, 5.41) is 0.637. The van der Waals surface area contributed by atoms with Crippen LogP contribution in [0.1, 0.15) is 36.0 Å². The summed E-state index contributed by atoms with van der Waals surface area (Å²) in [4.78, 5) is 17.5. The number of carbonyl (C=O) groups is 1. The van der Waals surface area contributed by atoms with Gasteiger partial charge in [-0.25, -0.2) is 0 Å². The first kappa shape index (κ1) is 13.6. The van der Waals surface area contributed by atoms with Crippen molar-refractivity contribution in [2.45, 2.75) is 37.8 Å². The predicted octanol–water partition coefficient (Wildman–Crippen LogP) is 3.04. The molecule has 0 N–H and O–H groups in total. The zero-order valence-electron chi connectivity index (χ0n) is 12.2. The number of hydrogen-bond acceptors (Lipinski definition) is 2. The second-order valence-corrected chi connectivity index (χ2v) is 7.10. The highest BCUT2D eigenvalue weighted by Crippen LogP contribution is 2.37. The molecule has 112 valence electrons. The quantitative estimate of drug-likeness (QED) is 0.857. The molecule has 1 amide bonds. The third kappa shape index (κ3) is 2.58. The molecule has 0 radical (unpaired) electrons. The summed E-state index contributed by atoms with van der Waals surface area (Å²) < 4.78 is 0. The molecule has 3 aliphatic rings. The van der Waals surface area contributed by atoms with Crippen LogP contribution in [0.15, 0.2) is 24.3 Å². The third-order valence-corrected chi connectivity index (χ3v) is 5.45. The molecule has 2 aliphatic heterocycles. The molecular formula is C17H21ClN2O. The van der Waals surface area contributed by atoms with Gasteiger partial charge in [0.05, 0.1) is 0 Å². The van der Waals surface area contributed by atoms with Crippen molar-refractivity contribution in [1.82, 2.24) is 9.80 Å². The Balaban J connectivity index is 1.48. The standard InChI is InChI=1S/C17H21ClN2O/c18-14-3-1-2-13(10-14)17(21)20-9-7-15-16(20)6-8-19(15)11-12-4-5-12/h1-3,10,12,15-16H,4-9,11H2/t15-,16+/m0/s1. The lowest BCUT2D eigenvalue weighted by Gasteiger charge is -2.25. The number of hydrogen-bond donors (Lipinski definition) is 0. The smallest absolute Gasteiger partial charge is 0.254 e. The van der Waals surface area contributed by atoms with E-state index < -0.39 is 0 Å². The van der Waals surface area contributed by atoms with E-state index in [4.69, 9.17) is 11.6 Å². The first-order chi connectivity index (χ1) is 10.2. The third-order valence-electron chi connectivity index (χ3n) is 5.21. The van der Waals surface area contributed by atoms with E-state index in [2.05, 4.69) is 9.80 Å². The van der Waals surface area contributed by atoms with E-state index in [0.29, 0.717) is 17.1 Å². The Morgan fingerprint density at radius 3 is 2.71 bits per heavy atom. The van der Waals surface area contributed by atoms with E-state index in [1.165, 1.54) is 19.4 Å². The molecule has 0 aromatic heterocycles. The van der Waals surface area contributed by atoms with Gasteiger partial charge >= 0.3 is 0 Å². The van der Waals surface area contributed by atoms with Crippen LogP contribution in [-0.2, 0) is 0 Å². The Morgan fingerprint density at radius 2 is 1.95 bits per heavy atom. The number of nitrogens with zero attached hydrogens (tertiary/aromatic N) is 2. The molecule has 4 rings (SSSR count). The van der Waals surface area contributed by atoms with Crippen LogP contribution in [-0.4, -0.2) is 47.4 Å². The fourth-order valence-corrected chi connectivity index (χ4v) is 4.16. The van der Waals surface area contributed by atoms with Gasteiger partial charge in [-0.2, -0.15) is 0 Å². The molecule has 2 heterocycles. The molecule has 1 aromatic carbocycles. The second kappa shape index (κ2) is 5.29. The van der Waals surface area contributed by atoms with Crippen molar-refractivity contribution in [2.75, 3.05) is 19.6 Å². The van der Waals surface area contributed by atoms with Gasteiger partial charge in [-0.05, 0) is 49.8 Å². The largest absolute Gasteiger partial charge is 0.334 e. The van der Waals surface area contributed by atoms with Crippen LogP contribution in [0.4, 0.5) is 0 Å². The Kier molecular flexibility index (Phi) is 3.43. The lowest BCUT2D eigenvalue weighted by Crippen LogP contribution is -2.40. The van der Waals surface area contributed by atoms with Gasteiger partial charge in [0, 0.05) is 42.3 Å². The molecule has 1 aromatic rings. The Morgan fingerprint density at radius 1 is 1.14 bits per heavy atom. The van der Waals surface area contributed by atoms with Crippen molar-refractivity contribution in [3.05, 3.63) is 34.9 Å². The summed E-state index contributed by atoms with van der Waals surface area (Å²) in [6.45, 7) is 3.30. The first-order valence-electron chi connectivity index (χ1n) is 8.03. The van der Waals surface area contributed by atoms with E-state index in [9.17, 15) is 4.79 Å². The van der Waals surface area contributed by atoms with Crippen molar-refractivity contribution >= 4 is 17.5 Å². The number of amides is 1. The van der Waals surface area contributed by atoms with Crippen molar-refractivity contribution < 1.29 is 4.79 Å². The van der Waals surface area contributed by atoms with Gasteiger partial charge in [-0.1, -0.05) is 17.7 Å². The highest BCUT2D eigenvalue weighted by molar-refractivity contribution is 6.30. The summed E-state index contributed by atoms with van der Waals surface area (Å²) in [6.07, 6.45) is 5.06. The molecule has 21 heavy (non-hydrogen) atoms. The molecule has 2 atom stereocenters. The summed E-state index contributed by atoms with van der Waals surface area (Å²) in [7, 11) is 0. The average Bonchev–Trinajstić information content (AvgIpc) is 3.06. The normalized spacial score (nSPS) is 28.9. The van der Waals surface area contributed by atoms with Gasteiger partial charge in [-0.15, -0.1) is 0 Å². The summed E-state index contributed by atoms with van der Waals surface area (Å²) in [5.74, 6) is 1.08. The minimum atomic E-state index is 0.151. The van der Waals surface area contributed by atoms with Gasteiger partial charge in [0.25, 0.3) is 5.91 Å². The molecule has 0 unspecified atom stereocenters. The summed E-state index contributed by atoms with van der Waals surface area (Å²) >= 11 is 6.02. The SMILES string of the molecule is O=C(c1cccc(Cl)c1)N1CC[C@H]2[C@H]1CCN2CC1CC1. The van der Waals surface area contributed by atoms with Crippen LogP contribution < -0.4 is 0 Å². The van der Waals surface area contributed by atoms with Crippen LogP contribution in [0, 0.1) is 5.92 Å². The van der Waals surface area contributed by atoms with Gasteiger partial charge in [0.15, 0.2) is 0 Å². The maximum absolute atomic E-state index is 12.7. The van der Waals surface area contributed by atoms with Gasteiger partial charge in [-0.3, -0.25) is 9.69 Å². The van der Waals surface area contributed by atoms with Crippen molar-refractivity contribution in [1.29, 1.82) is 0 Å². The minimum absolute atomic E-state index is 0.151. The van der Waals surface area contributed by atoms with E-state index in [-0.39, 0.29) is 5.91 Å². The van der Waals surface area contributed by atoms with Crippen LogP contribution >= 0.6 is 11.6 Å². The monoisotopic (exact) mass is 304 g/mol. The van der Waals surface area contributed by atoms with Gasteiger partial charge in [0.2, 0.25) is 0 Å². The fraction of sp³-hybridized carbons (Fsp3) is 0.588. The molecule has 0 bridgehead atoms. The number of likely N-dealkylation sites (tertiary alicyclic amines) is 2. The predicted molar refractivity (Wildman–Crippen MR) is 83.6 cm³/mol. The van der Waals surface area contributed by atoms with Crippen LogP contribution in [0.2, 0.25) is 5.02 Å². The average molecular weight is 305 g/mol. The Bertz CT molecular complexity index is 557. The maximum atomic E-state index is 12.7. The lowest BCUT2D eigenvalue weighted by atomic mass is 10.1. The van der Waals surface area contributed by atoms with Crippen molar-refractivity contribution in [3.8, 4) is 0 Å². The zero-order chi connectivity index (χ0) is 14.4. The fourth-order valence-electron chi connectivity index (χ4n) is 3.97. The first-order valence-corrected chi connectivity index (χ1v) is 8.41. The van der Waals surface area contributed by atoms with Crippen LogP contribution in [0.3, 0.4) is 0 Å². The van der Waals surface area contributed by atoms with Gasteiger partial charge < -0.3 is 4.90 Å². The summed E-state index contributed by atoms with van der Waals surface area (Å²) in [6, 6.07) is 8.34. The second-order valence-electron chi connectivity index (χ2n) is 6.66. The number of rotatable bonds is 3. The number of fused-ring (bicyclic) bond motifs is 1. The van der Waals surface area contributed by atoms with Crippen LogP contribution in [0.25, 0.3) is 0 Å². The molecule has 0 spiro atoms. The lowest BCUT2D eigenvalue weighted by molar-refractivity contribution is 0.0732. The molecule has 4 heteroatoms. The highest BCUT2D eigenvalue weighted by atomic mass is 35.5. The molecule has 1 aliphatic carbocycles. The minimum Gasteiger partial charge on any atom is -0.334 e. The highest BCUT2D eigenvalue weighted by Gasteiger charge is 2.45. The molecular weight excluding hydrogens is 284 g/mol. The summed E-state index contributed by atoms with van der Waals surface area (Å²) in [5.41, 5.74) is 0.726. The molecule has 3 nitrogen and oxygen atoms in total. The maximum Gasteiger partial charge on any atom is 0.254 e. The molecule has 3 fully saturated rings. The van der Waals surface area contributed by atoms with Crippen molar-refractivity contribution in [3.63, 3.8) is 0 Å².